The number of aliphatic hydroxyl groups is 1. The van der Waals surface area contributed by atoms with Gasteiger partial charge in [0.25, 0.3) is 0 Å². The molecule has 1 aliphatic carbocycles. The van der Waals surface area contributed by atoms with Gasteiger partial charge < -0.3 is 9.84 Å². The van der Waals surface area contributed by atoms with Crippen LogP contribution in [0.15, 0.2) is 11.8 Å². The fourth-order valence-corrected chi connectivity index (χ4v) is 1.93. The summed E-state index contributed by atoms with van der Waals surface area (Å²) in [6.45, 7) is 1.99. The van der Waals surface area contributed by atoms with E-state index in [9.17, 15) is 5.11 Å². The van der Waals surface area contributed by atoms with Gasteiger partial charge in [0, 0.05) is 12.3 Å². The third-order valence-electron chi connectivity index (χ3n) is 2.63. The van der Waals surface area contributed by atoms with Gasteiger partial charge in [0.05, 0.1) is 11.9 Å². The van der Waals surface area contributed by atoms with Gasteiger partial charge in [-0.05, 0) is 18.9 Å². The summed E-state index contributed by atoms with van der Waals surface area (Å²) >= 11 is 0. The topological polar surface area (TPSA) is 29.5 Å². The van der Waals surface area contributed by atoms with Gasteiger partial charge in [0.15, 0.2) is 0 Å². The van der Waals surface area contributed by atoms with E-state index in [1.807, 2.05) is 6.92 Å². The summed E-state index contributed by atoms with van der Waals surface area (Å²) in [6.07, 6.45) is 5.03. The van der Waals surface area contributed by atoms with Gasteiger partial charge in [-0.15, -0.1) is 0 Å². The lowest BCUT2D eigenvalue weighted by molar-refractivity contribution is -0.0288. The lowest BCUT2D eigenvalue weighted by Crippen LogP contribution is -2.32. The molecule has 0 amide bonds. The molecule has 0 saturated heterocycles. The first-order valence-corrected chi connectivity index (χ1v) is 4.36. The second-order valence-corrected chi connectivity index (χ2v) is 3.39. The third kappa shape index (κ3) is 1.06. The quantitative estimate of drug-likeness (QED) is 0.652. The van der Waals surface area contributed by atoms with Crippen LogP contribution in [0.4, 0.5) is 0 Å². The average molecular weight is 154 g/mol. The van der Waals surface area contributed by atoms with Crippen molar-refractivity contribution in [2.24, 2.45) is 5.92 Å². The molecular formula is C9H14O2. The van der Waals surface area contributed by atoms with Crippen LogP contribution in [0.1, 0.15) is 26.2 Å². The molecule has 1 N–H and O–H groups in total. The summed E-state index contributed by atoms with van der Waals surface area (Å²) < 4.78 is 5.52. The summed E-state index contributed by atoms with van der Waals surface area (Å²) in [5.41, 5.74) is 0. The second-order valence-electron chi connectivity index (χ2n) is 3.39. The molecule has 2 aliphatic rings. The molecule has 2 nitrogen and oxygen atoms in total. The Hall–Kier alpha value is -0.500. The molecule has 2 rings (SSSR count). The third-order valence-corrected chi connectivity index (χ3v) is 2.63. The fraction of sp³-hybridized carbons (Fsp3) is 0.778. The monoisotopic (exact) mass is 154 g/mol. The van der Waals surface area contributed by atoms with Crippen molar-refractivity contribution in [1.29, 1.82) is 0 Å². The van der Waals surface area contributed by atoms with Gasteiger partial charge in [-0.3, -0.25) is 0 Å². The number of hydrogen-bond acceptors (Lipinski definition) is 2. The molecule has 11 heavy (non-hydrogen) atoms. The number of rotatable bonds is 2. The van der Waals surface area contributed by atoms with Crippen LogP contribution < -0.4 is 0 Å². The molecule has 0 fully saturated rings. The van der Waals surface area contributed by atoms with E-state index >= 15 is 0 Å². The predicted octanol–water partition coefficient (Wildman–Crippen LogP) is 1.45. The van der Waals surface area contributed by atoms with E-state index in [1.165, 1.54) is 6.42 Å². The summed E-state index contributed by atoms with van der Waals surface area (Å²) in [5.74, 6) is 1.60. The molecule has 0 aromatic rings. The highest BCUT2D eigenvalue weighted by atomic mass is 16.5. The molecule has 0 radical (unpaired) electrons. The lowest BCUT2D eigenvalue weighted by Gasteiger charge is -2.26. The highest BCUT2D eigenvalue weighted by Crippen LogP contribution is 2.39. The van der Waals surface area contributed by atoms with Gasteiger partial charge in [-0.1, -0.05) is 6.92 Å². The van der Waals surface area contributed by atoms with Gasteiger partial charge in [0.2, 0.25) is 0 Å². The molecule has 3 atom stereocenters. The molecule has 1 heterocycles. The number of ether oxygens (including phenoxy) is 1. The minimum atomic E-state index is -0.269. The summed E-state index contributed by atoms with van der Waals surface area (Å²) in [6, 6.07) is 0. The lowest BCUT2D eigenvalue weighted by atomic mass is 9.96. The second kappa shape index (κ2) is 2.52. The SMILES string of the molecule is CCC(O)[C@@H]1OC2=CC1CC2. The van der Waals surface area contributed by atoms with E-state index in [0.29, 0.717) is 5.92 Å². The first kappa shape index (κ1) is 7.17. The Morgan fingerprint density at radius 1 is 1.82 bits per heavy atom. The maximum atomic E-state index is 9.52. The molecule has 0 saturated carbocycles. The van der Waals surface area contributed by atoms with Gasteiger partial charge in [-0.25, -0.2) is 0 Å². The standard InChI is InChI=1S/C9H14O2/c1-2-8(10)9-6-3-4-7(5-6)11-9/h5-6,8-10H,2-4H2,1H3/t6?,8?,9-/m1/s1. The van der Waals surface area contributed by atoms with Crippen molar-refractivity contribution >= 4 is 0 Å². The Bertz CT molecular complexity index is 186. The van der Waals surface area contributed by atoms with E-state index < -0.39 is 0 Å². The molecule has 62 valence electrons. The van der Waals surface area contributed by atoms with Crippen LogP contribution in [0.25, 0.3) is 0 Å². The Kier molecular flexibility index (Phi) is 1.64. The molecule has 0 aromatic carbocycles. The first-order valence-electron chi connectivity index (χ1n) is 4.36. The van der Waals surface area contributed by atoms with Crippen LogP contribution in [-0.2, 0) is 4.74 Å². The zero-order valence-corrected chi connectivity index (χ0v) is 6.79. The smallest absolute Gasteiger partial charge is 0.130 e. The summed E-state index contributed by atoms with van der Waals surface area (Å²) in [4.78, 5) is 0. The van der Waals surface area contributed by atoms with E-state index in [2.05, 4.69) is 6.08 Å². The average Bonchev–Trinajstić information content (AvgIpc) is 2.62. The van der Waals surface area contributed by atoms with Crippen LogP contribution in [0.2, 0.25) is 0 Å². The van der Waals surface area contributed by atoms with Crippen molar-refractivity contribution in [3.05, 3.63) is 11.8 Å². The molecule has 2 heteroatoms. The summed E-state index contributed by atoms with van der Waals surface area (Å²) in [5, 5.41) is 9.52. The first-order chi connectivity index (χ1) is 5.31. The molecule has 0 spiro atoms. The van der Waals surface area contributed by atoms with E-state index in [4.69, 9.17) is 4.74 Å². The molecule has 0 aromatic heterocycles. The highest BCUT2D eigenvalue weighted by molar-refractivity contribution is 5.14. The number of hydrogen-bond donors (Lipinski definition) is 1. The van der Waals surface area contributed by atoms with E-state index in [-0.39, 0.29) is 12.2 Å². The molecule has 1 aliphatic heterocycles. The largest absolute Gasteiger partial charge is 0.492 e. The van der Waals surface area contributed by atoms with Crippen LogP contribution in [-0.4, -0.2) is 17.3 Å². The Balaban J connectivity index is 2.00. The maximum Gasteiger partial charge on any atom is 0.130 e. The van der Waals surface area contributed by atoms with Crippen molar-refractivity contribution in [3.63, 3.8) is 0 Å². The Morgan fingerprint density at radius 3 is 3.09 bits per heavy atom. The van der Waals surface area contributed by atoms with Crippen LogP contribution in [0, 0.1) is 5.92 Å². The number of allylic oxidation sites excluding steroid dienone is 1. The van der Waals surface area contributed by atoms with E-state index in [1.54, 1.807) is 0 Å². The van der Waals surface area contributed by atoms with Crippen LogP contribution in [0.5, 0.6) is 0 Å². The molecule has 2 unspecified atom stereocenters. The van der Waals surface area contributed by atoms with Crippen molar-refractivity contribution in [2.45, 2.75) is 38.4 Å². The zero-order valence-electron chi connectivity index (χ0n) is 6.79. The molecular weight excluding hydrogens is 140 g/mol. The van der Waals surface area contributed by atoms with Gasteiger partial charge in [0.1, 0.15) is 6.10 Å². The normalized spacial score (nSPS) is 36.7. The number of aliphatic hydroxyl groups excluding tert-OH is 1. The summed E-state index contributed by atoms with van der Waals surface area (Å²) in [7, 11) is 0. The minimum Gasteiger partial charge on any atom is -0.492 e. The van der Waals surface area contributed by atoms with E-state index in [0.717, 1.165) is 18.6 Å². The van der Waals surface area contributed by atoms with Gasteiger partial charge >= 0.3 is 0 Å². The van der Waals surface area contributed by atoms with Crippen molar-refractivity contribution in [2.75, 3.05) is 0 Å². The number of fused-ring (bicyclic) bond motifs is 1. The fourth-order valence-electron chi connectivity index (χ4n) is 1.93. The maximum absolute atomic E-state index is 9.52. The minimum absolute atomic E-state index is 0.0729. The van der Waals surface area contributed by atoms with Gasteiger partial charge in [-0.2, -0.15) is 0 Å². The molecule has 2 bridgehead atoms. The highest BCUT2D eigenvalue weighted by Gasteiger charge is 2.38. The predicted molar refractivity (Wildman–Crippen MR) is 42.0 cm³/mol. The van der Waals surface area contributed by atoms with Crippen LogP contribution >= 0.6 is 0 Å². The Labute approximate surface area is 66.9 Å². The van der Waals surface area contributed by atoms with Crippen molar-refractivity contribution in [1.82, 2.24) is 0 Å². The van der Waals surface area contributed by atoms with Crippen LogP contribution in [0.3, 0.4) is 0 Å². The van der Waals surface area contributed by atoms with Crippen molar-refractivity contribution in [3.8, 4) is 0 Å². The Morgan fingerprint density at radius 2 is 2.64 bits per heavy atom. The zero-order chi connectivity index (χ0) is 7.84. The van der Waals surface area contributed by atoms with Crippen molar-refractivity contribution < 1.29 is 9.84 Å².